The van der Waals surface area contributed by atoms with Gasteiger partial charge in [0.25, 0.3) is 0 Å². The van der Waals surface area contributed by atoms with Gasteiger partial charge in [-0.1, -0.05) is 23.3 Å². The number of phenolic OH excluding ortho intramolecular Hbond substituents is 1. The summed E-state index contributed by atoms with van der Waals surface area (Å²) in [5.74, 6) is -2.99. The zero-order valence-corrected chi connectivity index (χ0v) is 39.7. The molecule has 2 amide bonds. The minimum Gasteiger partial charge on any atom is -0.507 e. The number of guanidine groups is 2. The molecule has 368 valence electrons. The number of amides is 2. The Labute approximate surface area is 391 Å². The van der Waals surface area contributed by atoms with Crippen LogP contribution in [0.3, 0.4) is 0 Å². The van der Waals surface area contributed by atoms with Crippen molar-refractivity contribution < 1.29 is 42.9 Å². The summed E-state index contributed by atoms with van der Waals surface area (Å²) in [5.41, 5.74) is 29.3. The van der Waals surface area contributed by atoms with Gasteiger partial charge in [0.05, 0.1) is 12.5 Å². The van der Waals surface area contributed by atoms with E-state index >= 15 is 0 Å². The lowest BCUT2D eigenvalue weighted by Crippen LogP contribution is -2.36. The number of ketones is 2. The second-order valence-corrected chi connectivity index (χ2v) is 16.6. The molecular weight excluding hydrogens is 865 g/mol. The number of hydrogen-bond acceptors (Lipinski definition) is 14. The summed E-state index contributed by atoms with van der Waals surface area (Å²) >= 11 is 0. The summed E-state index contributed by atoms with van der Waals surface area (Å²) in [6.45, 7) is 8.56. The Morgan fingerprint density at radius 2 is 1.24 bits per heavy atom. The summed E-state index contributed by atoms with van der Waals surface area (Å²) in [6.07, 6.45) is 5.34. The molecule has 0 radical (unpaired) electrons. The van der Waals surface area contributed by atoms with Crippen LogP contribution in [0.15, 0.2) is 54.6 Å². The number of likely N-dealkylation sites (N-methyl/N-ethyl adjacent to an activating group) is 1. The first-order valence-corrected chi connectivity index (χ1v) is 22.3. The van der Waals surface area contributed by atoms with Gasteiger partial charge in [0.15, 0.2) is 35.0 Å². The SMILES string of the molecule is CNCCNC(=O)C(CCCN=C(N)N)CC(=O)COc1cc2oc3cc(OCC(=O)CC(CCCN=C(N)N)C(=O)NCCN)c(OC)c(CC=C(C)C)c3c(=O)c2c(O)c1CC=C(C)C. The van der Waals surface area contributed by atoms with Gasteiger partial charge in [-0.05, 0) is 73.3 Å². The molecule has 0 spiro atoms. The van der Waals surface area contributed by atoms with Crippen LogP contribution in [0.4, 0.5) is 0 Å². The van der Waals surface area contributed by atoms with Crippen molar-refractivity contribution in [2.24, 2.45) is 50.5 Å². The van der Waals surface area contributed by atoms with E-state index < -0.39 is 36.2 Å². The third-order valence-corrected chi connectivity index (χ3v) is 10.5. The molecule has 1 heterocycles. The highest BCUT2D eigenvalue weighted by Crippen LogP contribution is 2.42. The van der Waals surface area contributed by atoms with E-state index in [9.17, 15) is 29.1 Å². The molecule has 20 nitrogen and oxygen atoms in total. The standard InChI is InChI=1S/C47H70N10O10/c1-27(2)11-13-33-35(65-25-31(58)22-30(10-8-17-57-47(51)52)45(63)55-20-19-53-5)23-37-40(41(33)60)42(61)39-34(14-12-28(3)4)43(64-6)38(24-36(39)67-37)66-26-32(59)21-29(44(62)54-18-15-48)9-7-16-56-46(49)50/h11-12,23-24,29-30,53,60H,7-10,13-22,25-26,48H2,1-6H3,(H,54,62)(H,55,63)(H4,49,50,56)(H4,51,52,57). The molecule has 0 aliphatic heterocycles. The summed E-state index contributed by atoms with van der Waals surface area (Å²) in [4.78, 5) is 75.7. The Kier molecular flexibility index (Phi) is 22.6. The topological polar surface area (TPSA) is 337 Å². The number of carbonyl (C=O) groups excluding carboxylic acids is 4. The highest BCUT2D eigenvalue weighted by atomic mass is 16.5. The van der Waals surface area contributed by atoms with E-state index in [-0.39, 0.29) is 132 Å². The number of phenols is 1. The van der Waals surface area contributed by atoms with E-state index in [1.54, 1.807) is 7.05 Å². The number of methoxy groups -OCH3 is 1. The third kappa shape index (κ3) is 17.2. The average molecular weight is 935 g/mol. The maximum Gasteiger partial charge on any atom is 0.223 e. The first-order chi connectivity index (χ1) is 31.9. The van der Waals surface area contributed by atoms with Gasteiger partial charge < -0.3 is 68.4 Å². The fourth-order valence-electron chi connectivity index (χ4n) is 7.19. The summed E-state index contributed by atoms with van der Waals surface area (Å²) in [7, 11) is 3.17. The fourth-order valence-corrected chi connectivity index (χ4v) is 7.19. The van der Waals surface area contributed by atoms with Crippen molar-refractivity contribution in [3.05, 3.63) is 56.8 Å². The van der Waals surface area contributed by atoms with E-state index in [1.165, 1.54) is 19.2 Å². The lowest BCUT2D eigenvalue weighted by atomic mass is 9.96. The molecule has 0 fully saturated rings. The van der Waals surface area contributed by atoms with Crippen LogP contribution in [-0.2, 0) is 32.0 Å². The van der Waals surface area contributed by atoms with Gasteiger partial charge in [-0.2, -0.15) is 0 Å². The molecular formula is C47H70N10O10. The fraction of sp³-hybridized carbons (Fsp3) is 0.511. The van der Waals surface area contributed by atoms with Crippen molar-refractivity contribution in [1.29, 1.82) is 0 Å². The minimum atomic E-state index is -0.704. The van der Waals surface area contributed by atoms with Crippen molar-refractivity contribution in [1.82, 2.24) is 16.0 Å². The third-order valence-electron chi connectivity index (χ3n) is 10.5. The quantitative estimate of drug-likeness (QED) is 0.0152. The number of allylic oxidation sites excluding steroid dienone is 4. The second kappa shape index (κ2) is 27.7. The van der Waals surface area contributed by atoms with Crippen molar-refractivity contribution in [3.63, 3.8) is 0 Å². The van der Waals surface area contributed by atoms with Crippen molar-refractivity contribution in [2.45, 2.75) is 79.1 Å². The largest absolute Gasteiger partial charge is 0.507 e. The number of carbonyl (C=O) groups is 4. The Balaban J connectivity index is 2.09. The summed E-state index contributed by atoms with van der Waals surface area (Å²) in [6, 6.07) is 2.88. The Hall–Kier alpha value is -6.67. The highest BCUT2D eigenvalue weighted by molar-refractivity contribution is 5.98. The Morgan fingerprint density at radius 1 is 0.746 bits per heavy atom. The summed E-state index contributed by atoms with van der Waals surface area (Å²) in [5, 5.41) is 20.5. The van der Waals surface area contributed by atoms with Gasteiger partial charge in [-0.25, -0.2) is 0 Å². The highest BCUT2D eigenvalue weighted by Gasteiger charge is 2.27. The molecule has 14 N–H and O–H groups in total. The van der Waals surface area contributed by atoms with Crippen LogP contribution >= 0.6 is 0 Å². The van der Waals surface area contributed by atoms with Crippen LogP contribution in [-0.4, -0.2) is 107 Å². The number of nitrogens with zero attached hydrogens (tertiary/aromatic N) is 2. The zero-order valence-electron chi connectivity index (χ0n) is 39.7. The maximum absolute atomic E-state index is 14.7. The molecule has 2 aromatic carbocycles. The smallest absolute Gasteiger partial charge is 0.223 e. The molecule has 0 saturated heterocycles. The number of benzene rings is 2. The molecule has 0 saturated carbocycles. The van der Waals surface area contributed by atoms with Gasteiger partial charge in [0, 0.05) is 87.2 Å². The Bertz CT molecular complexity index is 2380. The van der Waals surface area contributed by atoms with E-state index in [0.29, 0.717) is 44.3 Å². The molecule has 2 unspecified atom stereocenters. The molecule has 1 aromatic heterocycles. The Morgan fingerprint density at radius 3 is 1.73 bits per heavy atom. The van der Waals surface area contributed by atoms with E-state index in [1.807, 2.05) is 39.8 Å². The van der Waals surface area contributed by atoms with E-state index in [4.69, 9.17) is 47.3 Å². The molecule has 2 atom stereocenters. The van der Waals surface area contributed by atoms with Gasteiger partial charge in [-0.15, -0.1) is 0 Å². The van der Waals surface area contributed by atoms with E-state index in [0.717, 1.165) is 11.1 Å². The molecule has 0 bridgehead atoms. The number of Topliss-reactive ketones (excluding diaryl/α,β-unsaturated/α-hetero) is 2. The number of fused-ring (bicyclic) bond motifs is 2. The number of nitrogens with one attached hydrogen (secondary N) is 3. The van der Waals surface area contributed by atoms with Gasteiger partial charge in [-0.3, -0.25) is 34.0 Å². The van der Waals surface area contributed by atoms with Crippen LogP contribution in [0.1, 0.15) is 77.3 Å². The zero-order chi connectivity index (χ0) is 49.6. The van der Waals surface area contributed by atoms with Crippen LogP contribution in [0.2, 0.25) is 0 Å². The normalized spacial score (nSPS) is 11.8. The van der Waals surface area contributed by atoms with Crippen LogP contribution in [0, 0.1) is 11.8 Å². The van der Waals surface area contributed by atoms with Crippen LogP contribution in [0.5, 0.6) is 23.0 Å². The number of aliphatic imine (C=N–C) groups is 2. The predicted octanol–water partition coefficient (Wildman–Crippen LogP) is 2.10. The number of hydrogen-bond donors (Lipinski definition) is 9. The van der Waals surface area contributed by atoms with Gasteiger partial charge in [0.1, 0.15) is 41.3 Å². The second-order valence-electron chi connectivity index (χ2n) is 16.6. The monoisotopic (exact) mass is 935 g/mol. The summed E-state index contributed by atoms with van der Waals surface area (Å²) < 4.78 is 24.4. The first kappa shape index (κ1) is 54.7. The molecule has 3 aromatic rings. The molecule has 67 heavy (non-hydrogen) atoms. The molecule has 20 heteroatoms. The van der Waals surface area contributed by atoms with E-state index in [2.05, 4.69) is 25.9 Å². The molecule has 0 aliphatic carbocycles. The lowest BCUT2D eigenvalue weighted by molar-refractivity contribution is -0.130. The van der Waals surface area contributed by atoms with Crippen LogP contribution in [0.25, 0.3) is 21.9 Å². The van der Waals surface area contributed by atoms with Crippen molar-refractivity contribution >= 4 is 57.2 Å². The molecule has 3 rings (SSSR count). The number of rotatable bonds is 30. The lowest BCUT2D eigenvalue weighted by Gasteiger charge is -2.19. The maximum atomic E-state index is 14.7. The number of aromatic hydroxyl groups is 1. The van der Waals surface area contributed by atoms with Crippen molar-refractivity contribution in [3.8, 4) is 23.0 Å². The first-order valence-electron chi connectivity index (χ1n) is 22.3. The van der Waals surface area contributed by atoms with Crippen LogP contribution < -0.4 is 64.3 Å². The molecule has 0 aliphatic rings. The predicted molar refractivity (Wildman–Crippen MR) is 261 cm³/mol. The number of nitrogens with two attached hydrogens (primary N) is 5. The van der Waals surface area contributed by atoms with Gasteiger partial charge >= 0.3 is 0 Å². The number of ether oxygens (including phenoxy) is 3. The van der Waals surface area contributed by atoms with Crippen molar-refractivity contribution in [2.75, 3.05) is 66.6 Å². The average Bonchev–Trinajstić information content (AvgIpc) is 3.26. The minimum absolute atomic E-state index is 0.0488. The van der Waals surface area contributed by atoms with Gasteiger partial charge in [0.2, 0.25) is 17.2 Å².